The number of aromatic amines is 1. The number of H-pyrrole nitrogens is 1. The second-order valence-electron chi connectivity index (χ2n) is 4.79. The topological polar surface area (TPSA) is 75.7 Å². The van der Waals surface area contributed by atoms with Crippen molar-refractivity contribution in [3.05, 3.63) is 42.5 Å². The van der Waals surface area contributed by atoms with Gasteiger partial charge in [-0.3, -0.25) is 10.1 Å². The first-order chi connectivity index (χ1) is 11.3. The Morgan fingerprint density at radius 2 is 2.04 bits per heavy atom. The largest absolute Gasteiger partial charge is 0.486 e. The molecule has 0 bridgehead atoms. The third-order valence-electron chi connectivity index (χ3n) is 3.53. The van der Waals surface area contributed by atoms with Crippen LogP contribution in [-0.2, 0) is 6.61 Å². The minimum absolute atomic E-state index is 0.430. The van der Waals surface area contributed by atoms with Crippen LogP contribution in [0.2, 0.25) is 0 Å². The monoisotopic (exact) mass is 309 g/mol. The molecule has 0 unspecified atom stereocenters. The number of fused-ring (bicyclic) bond motifs is 3. The maximum Gasteiger partial charge on any atom is 0.144 e. The van der Waals surface area contributed by atoms with Gasteiger partial charge in [-0.15, -0.1) is 0 Å². The van der Waals surface area contributed by atoms with Gasteiger partial charge in [-0.1, -0.05) is 19.9 Å². The lowest BCUT2D eigenvalue weighted by atomic mass is 10.0. The zero-order valence-corrected chi connectivity index (χ0v) is 13.4. The maximum atomic E-state index is 5.83. The average Bonchev–Trinajstić information content (AvgIpc) is 3.17. The fraction of sp³-hybridized carbons (Fsp3) is 0.235. The third kappa shape index (κ3) is 2.75. The zero-order chi connectivity index (χ0) is 16.2. The van der Waals surface area contributed by atoms with Gasteiger partial charge in [-0.2, -0.15) is 5.10 Å². The number of benzene rings is 1. The Morgan fingerprint density at radius 3 is 2.78 bits per heavy atom. The maximum absolute atomic E-state index is 5.83. The van der Waals surface area contributed by atoms with E-state index in [2.05, 4.69) is 25.5 Å². The molecule has 0 saturated carbocycles. The van der Waals surface area contributed by atoms with Gasteiger partial charge in [0.15, 0.2) is 0 Å². The molecule has 4 rings (SSSR count). The molecule has 2 aromatic heterocycles. The summed E-state index contributed by atoms with van der Waals surface area (Å²) in [6, 6.07) is 6.07. The fourth-order valence-electron chi connectivity index (χ4n) is 2.45. The van der Waals surface area contributed by atoms with Crippen LogP contribution in [0.3, 0.4) is 0 Å². The first-order valence-corrected chi connectivity index (χ1v) is 7.65. The summed E-state index contributed by atoms with van der Waals surface area (Å²) >= 11 is 0. The number of hydrogen-bond acceptors (Lipinski definition) is 5. The highest BCUT2D eigenvalue weighted by Gasteiger charge is 2.20. The number of rotatable bonds is 2. The van der Waals surface area contributed by atoms with Crippen molar-refractivity contribution < 1.29 is 4.74 Å². The molecule has 1 aromatic carbocycles. The quantitative estimate of drug-likeness (QED) is 0.758. The van der Waals surface area contributed by atoms with Crippen molar-refractivity contribution in [1.82, 2.24) is 20.2 Å². The van der Waals surface area contributed by atoms with Gasteiger partial charge >= 0.3 is 0 Å². The van der Waals surface area contributed by atoms with E-state index in [9.17, 15) is 0 Å². The second kappa shape index (κ2) is 6.48. The van der Waals surface area contributed by atoms with Gasteiger partial charge in [-0.05, 0) is 17.7 Å². The smallest absolute Gasteiger partial charge is 0.144 e. The standard InChI is InChI=1S/C15H13N5O.C2H6/c1-16-14-7-17-15-11-3-2-9(10-5-18-19-6-10)4-13(11)21-8-12(15)20-14;1-2/h2-7H,8H2,1H3,(H,16,20)(H,18,19);1-2H3. The summed E-state index contributed by atoms with van der Waals surface area (Å²) in [5.74, 6) is 1.57. The Bertz CT molecular complexity index is 799. The normalized spacial score (nSPS) is 11.4. The van der Waals surface area contributed by atoms with Crippen molar-refractivity contribution in [2.24, 2.45) is 0 Å². The second-order valence-corrected chi connectivity index (χ2v) is 4.79. The van der Waals surface area contributed by atoms with E-state index < -0.39 is 0 Å². The Kier molecular flexibility index (Phi) is 4.23. The lowest BCUT2D eigenvalue weighted by Gasteiger charge is -2.20. The van der Waals surface area contributed by atoms with Crippen LogP contribution in [0.1, 0.15) is 19.5 Å². The number of aromatic nitrogens is 4. The van der Waals surface area contributed by atoms with E-state index in [4.69, 9.17) is 4.74 Å². The Balaban J connectivity index is 0.000000753. The molecule has 0 amide bonds. The molecule has 118 valence electrons. The van der Waals surface area contributed by atoms with Gasteiger partial charge in [0, 0.05) is 24.4 Å². The number of nitrogens with zero attached hydrogens (tertiary/aromatic N) is 3. The molecular weight excluding hydrogens is 290 g/mol. The Hall–Kier alpha value is -2.89. The molecule has 1 aliphatic rings. The van der Waals surface area contributed by atoms with E-state index in [0.29, 0.717) is 6.61 Å². The Morgan fingerprint density at radius 1 is 1.17 bits per heavy atom. The average molecular weight is 309 g/mol. The lowest BCUT2D eigenvalue weighted by Crippen LogP contribution is -2.10. The number of nitrogens with one attached hydrogen (secondary N) is 2. The van der Waals surface area contributed by atoms with E-state index in [1.54, 1.807) is 12.4 Å². The van der Waals surface area contributed by atoms with E-state index in [-0.39, 0.29) is 0 Å². The molecule has 0 fully saturated rings. The van der Waals surface area contributed by atoms with E-state index >= 15 is 0 Å². The van der Waals surface area contributed by atoms with Crippen molar-refractivity contribution in [2.45, 2.75) is 20.5 Å². The molecule has 3 heterocycles. The summed E-state index contributed by atoms with van der Waals surface area (Å²) in [6.45, 7) is 4.43. The first-order valence-electron chi connectivity index (χ1n) is 7.65. The Labute approximate surface area is 135 Å². The minimum atomic E-state index is 0.430. The molecule has 0 radical (unpaired) electrons. The molecule has 0 spiro atoms. The highest BCUT2D eigenvalue weighted by atomic mass is 16.5. The molecule has 1 aliphatic heterocycles. The van der Waals surface area contributed by atoms with Gasteiger partial charge < -0.3 is 10.1 Å². The molecule has 6 nitrogen and oxygen atoms in total. The van der Waals surface area contributed by atoms with Crippen molar-refractivity contribution in [1.29, 1.82) is 0 Å². The summed E-state index contributed by atoms with van der Waals surface area (Å²) in [6.07, 6.45) is 5.38. The summed E-state index contributed by atoms with van der Waals surface area (Å²) in [7, 11) is 1.82. The fourth-order valence-corrected chi connectivity index (χ4v) is 2.45. The first kappa shape index (κ1) is 15.0. The van der Waals surface area contributed by atoms with Crippen molar-refractivity contribution >= 4 is 5.82 Å². The van der Waals surface area contributed by atoms with Crippen molar-refractivity contribution in [2.75, 3.05) is 12.4 Å². The summed E-state index contributed by atoms with van der Waals surface area (Å²) in [5, 5.41) is 9.78. The van der Waals surface area contributed by atoms with Gasteiger partial charge in [0.25, 0.3) is 0 Å². The van der Waals surface area contributed by atoms with Crippen LogP contribution in [0.15, 0.2) is 36.8 Å². The molecular formula is C17H19N5O. The lowest BCUT2D eigenvalue weighted by molar-refractivity contribution is 0.296. The summed E-state index contributed by atoms with van der Waals surface area (Å²) < 4.78 is 5.83. The van der Waals surface area contributed by atoms with Gasteiger partial charge in [-0.25, -0.2) is 4.98 Å². The van der Waals surface area contributed by atoms with Crippen LogP contribution in [-0.4, -0.2) is 27.2 Å². The highest BCUT2D eigenvalue weighted by Crippen LogP contribution is 2.38. The van der Waals surface area contributed by atoms with Crippen LogP contribution in [0.25, 0.3) is 22.4 Å². The predicted molar refractivity (Wildman–Crippen MR) is 90.3 cm³/mol. The van der Waals surface area contributed by atoms with Crippen LogP contribution in [0, 0.1) is 0 Å². The molecule has 0 atom stereocenters. The predicted octanol–water partition coefficient (Wildman–Crippen LogP) is 3.49. The number of ether oxygens (including phenoxy) is 1. The molecule has 23 heavy (non-hydrogen) atoms. The molecule has 3 aromatic rings. The van der Waals surface area contributed by atoms with Gasteiger partial charge in [0.1, 0.15) is 23.9 Å². The summed E-state index contributed by atoms with van der Waals surface area (Å²) in [5.41, 5.74) is 4.80. The van der Waals surface area contributed by atoms with Crippen molar-refractivity contribution in [3.8, 4) is 28.1 Å². The molecule has 6 heteroatoms. The van der Waals surface area contributed by atoms with E-state index in [1.165, 1.54) is 0 Å². The number of anilines is 1. The van der Waals surface area contributed by atoms with Crippen LogP contribution < -0.4 is 10.1 Å². The van der Waals surface area contributed by atoms with E-state index in [1.807, 2.05) is 45.3 Å². The number of hydrogen-bond donors (Lipinski definition) is 2. The summed E-state index contributed by atoms with van der Waals surface area (Å²) in [4.78, 5) is 8.99. The molecule has 0 saturated heterocycles. The van der Waals surface area contributed by atoms with Crippen LogP contribution >= 0.6 is 0 Å². The SMILES string of the molecule is CC.CNc1cnc2c(n1)COc1cc(-c3cn[nH]c3)ccc1-2. The van der Waals surface area contributed by atoms with Gasteiger partial charge in [0.05, 0.1) is 18.1 Å². The van der Waals surface area contributed by atoms with Crippen molar-refractivity contribution in [3.63, 3.8) is 0 Å². The zero-order valence-electron chi connectivity index (χ0n) is 13.4. The van der Waals surface area contributed by atoms with Crippen LogP contribution in [0.4, 0.5) is 5.82 Å². The molecule has 0 aliphatic carbocycles. The minimum Gasteiger partial charge on any atom is -0.486 e. The highest BCUT2D eigenvalue weighted by molar-refractivity contribution is 5.76. The van der Waals surface area contributed by atoms with Crippen LogP contribution in [0.5, 0.6) is 5.75 Å². The third-order valence-corrected chi connectivity index (χ3v) is 3.53. The molecule has 2 N–H and O–H groups in total. The van der Waals surface area contributed by atoms with E-state index in [0.717, 1.165) is 39.6 Å². The van der Waals surface area contributed by atoms with Gasteiger partial charge in [0.2, 0.25) is 0 Å².